The molecule has 56 heavy (non-hydrogen) atoms. The predicted molar refractivity (Wildman–Crippen MR) is 214 cm³/mol. The molecular formula is C44H54FN7O4. The normalized spacial score (nSPS) is 24.1. The Kier molecular flexibility index (Phi) is 11.0. The van der Waals surface area contributed by atoms with Crippen molar-refractivity contribution in [3.63, 3.8) is 0 Å². The van der Waals surface area contributed by atoms with Crippen molar-refractivity contribution in [1.82, 2.24) is 24.9 Å². The molecule has 4 saturated heterocycles. The lowest BCUT2D eigenvalue weighted by molar-refractivity contribution is -0.136. The molecule has 3 aromatic carbocycles. The zero-order chi connectivity index (χ0) is 39.1. The van der Waals surface area contributed by atoms with Gasteiger partial charge in [-0.2, -0.15) is 0 Å². The van der Waals surface area contributed by atoms with E-state index in [2.05, 4.69) is 68.2 Å². The van der Waals surface area contributed by atoms with Crippen LogP contribution in [0, 0.1) is 18.7 Å². The Labute approximate surface area is 329 Å². The number of imide groups is 2. The van der Waals surface area contributed by atoms with E-state index in [-0.39, 0.29) is 24.6 Å². The van der Waals surface area contributed by atoms with Crippen LogP contribution in [0.25, 0.3) is 0 Å². The predicted octanol–water partition coefficient (Wildman–Crippen LogP) is 4.49. The third-order valence-electron chi connectivity index (χ3n) is 13.1. The number of piperidine rings is 2. The molecule has 3 atom stereocenters. The second-order valence-corrected chi connectivity index (χ2v) is 16.7. The summed E-state index contributed by atoms with van der Waals surface area (Å²) in [6.07, 6.45) is 3.58. The van der Waals surface area contributed by atoms with Gasteiger partial charge in [-0.25, -0.2) is 4.39 Å². The van der Waals surface area contributed by atoms with Crippen molar-refractivity contribution in [2.24, 2.45) is 5.92 Å². The molecule has 296 valence electrons. The molecule has 0 aromatic heterocycles. The maximum atomic E-state index is 14.7. The number of benzene rings is 3. The lowest BCUT2D eigenvalue weighted by Crippen LogP contribution is -2.54. The highest BCUT2D eigenvalue weighted by Crippen LogP contribution is 2.35. The van der Waals surface area contributed by atoms with E-state index in [4.69, 9.17) is 0 Å². The number of likely N-dealkylation sites (N-methyl/N-ethyl adjacent to an activating group) is 1. The minimum Gasteiger partial charge on any atom is -0.371 e. The van der Waals surface area contributed by atoms with Gasteiger partial charge in [0.25, 0.3) is 11.8 Å². The SMILES string of the molecule is Cc1cccc(F)c1CN1C[C@H](c2ccc(N3CCN(CCC4CCN(c5ccc6c(c5)C(=O)N(C5CCC(=O)NC5=O)C6=O)CC4)CC3)cc2)[C@@H](N(C)C)C1. The second kappa shape index (κ2) is 16.1. The molecule has 1 unspecified atom stereocenters. The number of hydrogen-bond donors (Lipinski definition) is 1. The van der Waals surface area contributed by atoms with Gasteiger partial charge in [-0.3, -0.25) is 39.2 Å². The van der Waals surface area contributed by atoms with Gasteiger partial charge in [0, 0.05) is 94.2 Å². The summed E-state index contributed by atoms with van der Waals surface area (Å²) in [4.78, 5) is 63.6. The van der Waals surface area contributed by atoms with Crippen LogP contribution in [0.15, 0.2) is 60.7 Å². The molecule has 4 amide bonds. The van der Waals surface area contributed by atoms with Gasteiger partial charge >= 0.3 is 0 Å². The molecule has 12 heteroatoms. The van der Waals surface area contributed by atoms with Crippen LogP contribution in [-0.4, -0.2) is 128 Å². The van der Waals surface area contributed by atoms with Crippen molar-refractivity contribution in [2.45, 2.75) is 63.6 Å². The Morgan fingerprint density at radius 1 is 0.768 bits per heavy atom. The van der Waals surface area contributed by atoms with E-state index < -0.39 is 23.8 Å². The average molecular weight is 764 g/mol. The van der Waals surface area contributed by atoms with Crippen LogP contribution >= 0.6 is 0 Å². The van der Waals surface area contributed by atoms with E-state index in [1.807, 2.05) is 19.1 Å². The Balaban J connectivity index is 0.788. The van der Waals surface area contributed by atoms with Crippen LogP contribution in [0.4, 0.5) is 15.8 Å². The van der Waals surface area contributed by atoms with Crippen molar-refractivity contribution < 1.29 is 23.6 Å². The molecule has 0 saturated carbocycles. The summed E-state index contributed by atoms with van der Waals surface area (Å²) >= 11 is 0. The number of halogens is 1. The highest BCUT2D eigenvalue weighted by atomic mass is 19.1. The number of piperazine rings is 1. The molecule has 1 N–H and O–H groups in total. The summed E-state index contributed by atoms with van der Waals surface area (Å²) < 4.78 is 14.7. The molecule has 5 aliphatic rings. The summed E-state index contributed by atoms with van der Waals surface area (Å²) in [5.41, 5.74) is 6.02. The number of carbonyl (C=O) groups excluding carboxylic acids is 4. The summed E-state index contributed by atoms with van der Waals surface area (Å²) in [7, 11) is 4.30. The molecular weight excluding hydrogens is 710 g/mol. The van der Waals surface area contributed by atoms with E-state index in [1.165, 1.54) is 17.7 Å². The number of hydrogen-bond acceptors (Lipinski definition) is 9. The quantitative estimate of drug-likeness (QED) is 0.300. The summed E-state index contributed by atoms with van der Waals surface area (Å²) in [6.45, 7) is 11.5. The van der Waals surface area contributed by atoms with Gasteiger partial charge in [-0.15, -0.1) is 0 Å². The van der Waals surface area contributed by atoms with Crippen molar-refractivity contribution >= 4 is 35.0 Å². The first-order valence-electron chi connectivity index (χ1n) is 20.3. The first-order valence-corrected chi connectivity index (χ1v) is 20.3. The molecule has 11 nitrogen and oxygen atoms in total. The van der Waals surface area contributed by atoms with Crippen LogP contribution in [0.2, 0.25) is 0 Å². The van der Waals surface area contributed by atoms with Crippen LogP contribution in [0.3, 0.4) is 0 Å². The van der Waals surface area contributed by atoms with E-state index in [1.54, 1.807) is 24.3 Å². The fourth-order valence-corrected chi connectivity index (χ4v) is 9.60. The lowest BCUT2D eigenvalue weighted by Gasteiger charge is -2.38. The number of aryl methyl sites for hydroxylation is 1. The van der Waals surface area contributed by atoms with Gasteiger partial charge in [0.2, 0.25) is 11.8 Å². The standard InChI is InChI=1S/C44H54FN7O4/c1-29-5-4-6-38(45)36(29)26-49-27-37(40(28-49)47(2)3)31-7-9-32(10-8-31)51-23-21-48(22-24-51)18-15-30-16-19-50(20-17-30)33-11-12-34-35(25-33)44(56)52(43(34)55)39-13-14-41(53)46-42(39)54/h4-12,25,30,37,39-40H,13-24,26-28H2,1-3H3,(H,46,53,54)/t37-,39?,40+/m1/s1. The number of anilines is 2. The summed E-state index contributed by atoms with van der Waals surface area (Å²) in [5.74, 6) is -0.999. The first kappa shape index (κ1) is 38.2. The van der Waals surface area contributed by atoms with Gasteiger partial charge in [0.05, 0.1) is 11.1 Å². The van der Waals surface area contributed by atoms with Crippen LogP contribution in [0.5, 0.6) is 0 Å². The minimum atomic E-state index is -0.954. The van der Waals surface area contributed by atoms with Crippen molar-refractivity contribution in [2.75, 3.05) is 82.8 Å². The Hall–Kier alpha value is -4.65. The lowest BCUT2D eigenvalue weighted by atomic mass is 9.92. The molecule has 4 fully saturated rings. The summed E-state index contributed by atoms with van der Waals surface area (Å²) in [6, 6.07) is 19.4. The van der Waals surface area contributed by atoms with Gasteiger partial charge in [0.1, 0.15) is 11.9 Å². The molecule has 5 heterocycles. The highest BCUT2D eigenvalue weighted by molar-refractivity contribution is 6.23. The topological polar surface area (TPSA) is 99.7 Å². The minimum absolute atomic E-state index is 0.106. The van der Waals surface area contributed by atoms with Gasteiger partial charge in [0.15, 0.2) is 0 Å². The van der Waals surface area contributed by atoms with Crippen LogP contribution in [-0.2, 0) is 16.1 Å². The Morgan fingerprint density at radius 2 is 1.46 bits per heavy atom. The fraction of sp³-hybridized carbons (Fsp3) is 0.500. The van der Waals surface area contributed by atoms with E-state index in [0.717, 1.165) is 93.5 Å². The van der Waals surface area contributed by atoms with E-state index in [0.29, 0.717) is 35.5 Å². The number of nitrogens with one attached hydrogen (secondary N) is 1. The molecule has 0 bridgehead atoms. The summed E-state index contributed by atoms with van der Waals surface area (Å²) in [5, 5.41) is 2.26. The number of fused-ring (bicyclic) bond motifs is 1. The Bertz CT molecular complexity index is 1950. The van der Waals surface area contributed by atoms with Gasteiger partial charge in [-0.1, -0.05) is 24.3 Å². The van der Waals surface area contributed by atoms with Gasteiger partial charge < -0.3 is 14.7 Å². The molecule has 0 radical (unpaired) electrons. The van der Waals surface area contributed by atoms with Crippen molar-refractivity contribution in [3.8, 4) is 0 Å². The van der Waals surface area contributed by atoms with Crippen molar-refractivity contribution in [1.29, 1.82) is 0 Å². The largest absolute Gasteiger partial charge is 0.371 e. The maximum absolute atomic E-state index is 14.7. The molecule has 8 rings (SSSR count). The van der Waals surface area contributed by atoms with E-state index >= 15 is 0 Å². The fourth-order valence-electron chi connectivity index (χ4n) is 9.60. The van der Waals surface area contributed by atoms with Crippen molar-refractivity contribution in [3.05, 3.63) is 94.3 Å². The van der Waals surface area contributed by atoms with E-state index in [9.17, 15) is 23.6 Å². The number of likely N-dealkylation sites (tertiary alicyclic amines) is 1. The number of carbonyl (C=O) groups is 4. The monoisotopic (exact) mass is 763 g/mol. The van der Waals surface area contributed by atoms with Crippen LogP contribution < -0.4 is 15.1 Å². The van der Waals surface area contributed by atoms with Gasteiger partial charge in [-0.05, 0) is 107 Å². The third-order valence-corrected chi connectivity index (χ3v) is 13.1. The zero-order valence-corrected chi connectivity index (χ0v) is 32.9. The Morgan fingerprint density at radius 3 is 2.16 bits per heavy atom. The average Bonchev–Trinajstić information content (AvgIpc) is 3.74. The second-order valence-electron chi connectivity index (χ2n) is 16.7. The third kappa shape index (κ3) is 7.71. The highest BCUT2D eigenvalue weighted by Gasteiger charge is 2.45. The maximum Gasteiger partial charge on any atom is 0.262 e. The number of nitrogens with zero attached hydrogens (tertiary/aromatic N) is 6. The van der Waals surface area contributed by atoms with Crippen LogP contribution in [0.1, 0.15) is 75.4 Å². The molecule has 0 aliphatic carbocycles. The number of rotatable bonds is 10. The smallest absolute Gasteiger partial charge is 0.262 e. The molecule has 5 aliphatic heterocycles. The number of amides is 4. The first-order chi connectivity index (χ1) is 27.0. The zero-order valence-electron chi connectivity index (χ0n) is 32.9. The molecule has 0 spiro atoms. The molecule has 3 aromatic rings.